The van der Waals surface area contributed by atoms with E-state index in [2.05, 4.69) is 24.3 Å². The van der Waals surface area contributed by atoms with Crippen LogP contribution in [0.15, 0.2) is 6.20 Å². The predicted molar refractivity (Wildman–Crippen MR) is 68.3 cm³/mol. The number of amides is 1. The van der Waals surface area contributed by atoms with Crippen molar-refractivity contribution in [2.75, 3.05) is 11.9 Å². The van der Waals surface area contributed by atoms with E-state index in [9.17, 15) is 9.90 Å². The first-order chi connectivity index (χ1) is 8.54. The molecule has 2 rings (SSSR count). The minimum Gasteiger partial charge on any atom is -0.356 e. The summed E-state index contributed by atoms with van der Waals surface area (Å²) in [5.74, 6) is -0.322. The van der Waals surface area contributed by atoms with E-state index in [1.54, 1.807) is 11.9 Å². The van der Waals surface area contributed by atoms with Crippen molar-refractivity contribution < 1.29 is 9.90 Å². The van der Waals surface area contributed by atoms with Gasteiger partial charge < -0.3 is 15.3 Å². The van der Waals surface area contributed by atoms with E-state index in [1.807, 2.05) is 10.9 Å². The van der Waals surface area contributed by atoms with Crippen molar-refractivity contribution in [3.63, 3.8) is 0 Å². The van der Waals surface area contributed by atoms with Gasteiger partial charge in [-0.1, -0.05) is 19.8 Å². The van der Waals surface area contributed by atoms with E-state index in [0.717, 1.165) is 19.3 Å². The van der Waals surface area contributed by atoms with Crippen LogP contribution in [0.3, 0.4) is 0 Å². The number of carbonyl (C=O) groups excluding carboxylic acids is 1. The first-order valence-corrected chi connectivity index (χ1v) is 6.35. The fraction of sp³-hybridized carbons (Fsp3) is 0.667. The number of aliphatic hydroxyl groups excluding tert-OH is 1. The highest BCUT2D eigenvalue weighted by Gasteiger charge is 2.30. The van der Waals surface area contributed by atoms with Crippen molar-refractivity contribution >= 4 is 11.6 Å². The topological polar surface area (TPSA) is 70.4 Å². The number of rotatable bonds is 4. The lowest BCUT2D eigenvalue weighted by Crippen LogP contribution is -2.50. The second kappa shape index (κ2) is 4.97. The normalized spacial score (nSPS) is 20.6. The molecule has 2 N–H and O–H groups in total. The van der Waals surface area contributed by atoms with Crippen LogP contribution in [0.4, 0.5) is 5.69 Å². The average molecular weight is 252 g/mol. The number of nitrogens with zero attached hydrogens (tertiary/aromatic N) is 3. The first-order valence-electron chi connectivity index (χ1n) is 6.35. The van der Waals surface area contributed by atoms with Crippen molar-refractivity contribution in [2.45, 2.75) is 45.5 Å². The molecule has 18 heavy (non-hydrogen) atoms. The average Bonchev–Trinajstić information content (AvgIpc) is 2.79. The largest absolute Gasteiger partial charge is 0.356 e. The standard InChI is InChI=1S/C12H20N4O2/c1-4-5-6-8(2)16-7-9-10(14-16)11(17)13-12(18)15(9)3/h7-8,12,18H,4-6H2,1-3H3,(H,13,17). The summed E-state index contributed by atoms with van der Waals surface area (Å²) >= 11 is 0. The van der Waals surface area contributed by atoms with Gasteiger partial charge in [0.25, 0.3) is 5.91 Å². The third kappa shape index (κ3) is 2.20. The van der Waals surface area contributed by atoms with Crippen LogP contribution in [0, 0.1) is 0 Å². The minimum absolute atomic E-state index is 0.258. The lowest BCUT2D eigenvalue weighted by Gasteiger charge is -2.29. The number of nitrogens with one attached hydrogen (secondary N) is 1. The van der Waals surface area contributed by atoms with Crippen LogP contribution in [0.25, 0.3) is 0 Å². The smallest absolute Gasteiger partial charge is 0.277 e. The van der Waals surface area contributed by atoms with Gasteiger partial charge in [0.15, 0.2) is 5.69 Å². The number of aromatic nitrogens is 2. The molecular formula is C12H20N4O2. The van der Waals surface area contributed by atoms with Gasteiger partial charge in [-0.3, -0.25) is 9.48 Å². The van der Waals surface area contributed by atoms with Gasteiger partial charge in [-0.2, -0.15) is 5.10 Å². The van der Waals surface area contributed by atoms with Crippen LogP contribution in [-0.2, 0) is 0 Å². The summed E-state index contributed by atoms with van der Waals surface area (Å²) in [5.41, 5.74) is 1.06. The van der Waals surface area contributed by atoms with E-state index >= 15 is 0 Å². The summed E-state index contributed by atoms with van der Waals surface area (Å²) in [6.45, 7) is 4.24. The molecule has 0 saturated heterocycles. The van der Waals surface area contributed by atoms with Crippen molar-refractivity contribution in [3.05, 3.63) is 11.9 Å². The Morgan fingerprint density at radius 2 is 2.33 bits per heavy atom. The van der Waals surface area contributed by atoms with Crippen LogP contribution in [0.2, 0.25) is 0 Å². The molecule has 0 aromatic carbocycles. The molecule has 0 aliphatic carbocycles. The maximum atomic E-state index is 11.7. The van der Waals surface area contributed by atoms with Crippen LogP contribution in [-0.4, -0.2) is 34.2 Å². The summed E-state index contributed by atoms with van der Waals surface area (Å²) in [6.07, 6.45) is 4.16. The summed E-state index contributed by atoms with van der Waals surface area (Å²) in [6, 6.07) is 0.258. The number of carbonyl (C=O) groups is 1. The molecule has 6 heteroatoms. The van der Waals surface area contributed by atoms with Gasteiger partial charge in [0.05, 0.1) is 5.69 Å². The molecule has 1 aromatic rings. The number of hydrogen-bond donors (Lipinski definition) is 2. The van der Waals surface area contributed by atoms with Crippen LogP contribution >= 0.6 is 0 Å². The molecule has 2 atom stereocenters. The van der Waals surface area contributed by atoms with E-state index in [-0.39, 0.29) is 11.9 Å². The predicted octanol–water partition coefficient (Wildman–Crippen LogP) is 1.09. The zero-order valence-electron chi connectivity index (χ0n) is 11.1. The lowest BCUT2D eigenvalue weighted by atomic mass is 10.1. The van der Waals surface area contributed by atoms with Gasteiger partial charge >= 0.3 is 0 Å². The third-order valence-corrected chi connectivity index (χ3v) is 3.36. The molecule has 1 aromatic heterocycles. The zero-order chi connectivity index (χ0) is 13.3. The second-order valence-electron chi connectivity index (χ2n) is 4.79. The van der Waals surface area contributed by atoms with E-state index in [4.69, 9.17) is 0 Å². The molecule has 6 nitrogen and oxygen atoms in total. The highest BCUT2D eigenvalue weighted by Crippen LogP contribution is 2.25. The molecule has 1 aliphatic rings. The SMILES string of the molecule is CCCCC(C)n1cc2c(n1)C(=O)NC(O)N2C. The molecule has 1 aliphatic heterocycles. The number of fused-ring (bicyclic) bond motifs is 1. The van der Waals surface area contributed by atoms with Crippen molar-refractivity contribution in [1.82, 2.24) is 15.1 Å². The van der Waals surface area contributed by atoms with Crippen molar-refractivity contribution in [1.29, 1.82) is 0 Å². The quantitative estimate of drug-likeness (QED) is 0.841. The Bertz CT molecular complexity index is 443. The number of unbranched alkanes of at least 4 members (excludes halogenated alkanes) is 1. The summed E-state index contributed by atoms with van der Waals surface area (Å²) < 4.78 is 1.81. The molecule has 2 heterocycles. The van der Waals surface area contributed by atoms with Crippen LogP contribution < -0.4 is 10.2 Å². The zero-order valence-corrected chi connectivity index (χ0v) is 11.1. The monoisotopic (exact) mass is 252 g/mol. The number of anilines is 1. The summed E-state index contributed by atoms with van der Waals surface area (Å²) in [7, 11) is 1.73. The fourth-order valence-electron chi connectivity index (χ4n) is 2.07. The van der Waals surface area contributed by atoms with Gasteiger partial charge in [-0.05, 0) is 13.3 Å². The van der Waals surface area contributed by atoms with Gasteiger partial charge in [-0.15, -0.1) is 0 Å². The molecule has 0 bridgehead atoms. The summed E-state index contributed by atoms with van der Waals surface area (Å²) in [5, 5.41) is 16.4. The Hall–Kier alpha value is -1.56. The Morgan fingerprint density at radius 3 is 3.00 bits per heavy atom. The molecule has 0 fully saturated rings. The first kappa shape index (κ1) is 12.9. The number of hydrogen-bond acceptors (Lipinski definition) is 4. The molecule has 100 valence electrons. The fourth-order valence-corrected chi connectivity index (χ4v) is 2.07. The van der Waals surface area contributed by atoms with Gasteiger partial charge in [0, 0.05) is 19.3 Å². The van der Waals surface area contributed by atoms with Crippen LogP contribution in [0.1, 0.15) is 49.6 Å². The number of aliphatic hydroxyl groups is 1. The molecule has 2 unspecified atom stereocenters. The molecule has 0 spiro atoms. The van der Waals surface area contributed by atoms with Crippen LogP contribution in [0.5, 0.6) is 0 Å². The maximum Gasteiger partial charge on any atom is 0.277 e. The van der Waals surface area contributed by atoms with Gasteiger partial charge in [-0.25, -0.2) is 0 Å². The van der Waals surface area contributed by atoms with E-state index in [1.165, 1.54) is 0 Å². The highest BCUT2D eigenvalue weighted by atomic mass is 16.3. The van der Waals surface area contributed by atoms with E-state index < -0.39 is 6.35 Å². The highest BCUT2D eigenvalue weighted by molar-refractivity contribution is 5.99. The molecular weight excluding hydrogens is 232 g/mol. The maximum absolute atomic E-state index is 11.7. The molecule has 0 saturated carbocycles. The van der Waals surface area contributed by atoms with Gasteiger partial charge in [0.1, 0.15) is 0 Å². The molecule has 0 radical (unpaired) electrons. The third-order valence-electron chi connectivity index (χ3n) is 3.36. The lowest BCUT2D eigenvalue weighted by molar-refractivity contribution is 0.0752. The Labute approximate surface area is 107 Å². The molecule has 1 amide bonds. The minimum atomic E-state index is -0.978. The Balaban J connectivity index is 2.24. The second-order valence-corrected chi connectivity index (χ2v) is 4.79. The summed E-state index contributed by atoms with van der Waals surface area (Å²) in [4.78, 5) is 13.3. The van der Waals surface area contributed by atoms with Gasteiger partial charge in [0.2, 0.25) is 6.35 Å². The van der Waals surface area contributed by atoms with E-state index in [0.29, 0.717) is 11.4 Å². The Kier molecular flexibility index (Phi) is 3.56. The Morgan fingerprint density at radius 1 is 1.61 bits per heavy atom. The van der Waals surface area contributed by atoms with Crippen molar-refractivity contribution in [2.24, 2.45) is 0 Å². The van der Waals surface area contributed by atoms with Crippen molar-refractivity contribution in [3.8, 4) is 0 Å².